The summed E-state index contributed by atoms with van der Waals surface area (Å²) in [5, 5.41) is 12.7. The summed E-state index contributed by atoms with van der Waals surface area (Å²) in [7, 11) is 0. The van der Waals surface area contributed by atoms with E-state index < -0.39 is 35.4 Å². The van der Waals surface area contributed by atoms with Crippen LogP contribution in [0.5, 0.6) is 0 Å². The van der Waals surface area contributed by atoms with Gasteiger partial charge in [-0.05, 0) is 12.1 Å². The lowest BCUT2D eigenvalue weighted by molar-refractivity contribution is -0.387. The van der Waals surface area contributed by atoms with Gasteiger partial charge >= 0.3 is 5.69 Å². The predicted octanol–water partition coefficient (Wildman–Crippen LogP) is 1.75. The Hall–Kier alpha value is -2.16. The van der Waals surface area contributed by atoms with Gasteiger partial charge in [-0.1, -0.05) is 0 Å². The molecule has 0 unspecified atom stereocenters. The van der Waals surface area contributed by atoms with E-state index in [4.69, 9.17) is 0 Å². The molecule has 1 aromatic carbocycles. The van der Waals surface area contributed by atoms with Crippen LogP contribution in [-0.2, 0) is 4.74 Å². The number of nitrogens with zero attached hydrogens (tertiary/aromatic N) is 1. The fraction of sp³-hybridized carbons (Fsp3) is 0.364. The maximum absolute atomic E-state index is 13.3. The van der Waals surface area contributed by atoms with E-state index in [9.17, 15) is 28.1 Å². The normalized spacial score (nSPS) is 10.6. The standard InChI is InChI=1S/C11H11F3N2O4/c12-8-5-7(1-2-9(8)16(18)19)11(17)15-3-4-20-6-10(13)14/h1-2,5,10H,3-4,6H2,(H,15,17). The van der Waals surface area contributed by atoms with Gasteiger partial charge in [0.25, 0.3) is 12.3 Å². The van der Waals surface area contributed by atoms with Crippen LogP contribution < -0.4 is 5.32 Å². The van der Waals surface area contributed by atoms with Crippen molar-refractivity contribution in [1.82, 2.24) is 5.32 Å². The summed E-state index contributed by atoms with van der Waals surface area (Å²) in [6, 6.07) is 2.70. The molecule has 110 valence electrons. The van der Waals surface area contributed by atoms with E-state index in [1.165, 1.54) is 0 Å². The molecular weight excluding hydrogens is 281 g/mol. The highest BCUT2D eigenvalue weighted by Crippen LogP contribution is 2.17. The Bertz CT molecular complexity index is 497. The van der Waals surface area contributed by atoms with Crippen molar-refractivity contribution in [3.8, 4) is 0 Å². The van der Waals surface area contributed by atoms with Gasteiger partial charge in [0.2, 0.25) is 5.82 Å². The quantitative estimate of drug-likeness (QED) is 0.471. The van der Waals surface area contributed by atoms with Gasteiger partial charge in [0.05, 0.1) is 11.5 Å². The van der Waals surface area contributed by atoms with E-state index >= 15 is 0 Å². The zero-order valence-electron chi connectivity index (χ0n) is 10.1. The van der Waals surface area contributed by atoms with Crippen molar-refractivity contribution in [3.63, 3.8) is 0 Å². The lowest BCUT2D eigenvalue weighted by atomic mass is 10.2. The highest BCUT2D eigenvalue weighted by molar-refractivity contribution is 5.94. The lowest BCUT2D eigenvalue weighted by Crippen LogP contribution is -2.27. The first-order chi connectivity index (χ1) is 9.41. The largest absolute Gasteiger partial charge is 0.374 e. The molecule has 1 N–H and O–H groups in total. The zero-order chi connectivity index (χ0) is 15.1. The molecule has 0 bridgehead atoms. The number of hydrogen-bond donors (Lipinski definition) is 1. The highest BCUT2D eigenvalue weighted by Gasteiger charge is 2.16. The molecule has 0 aliphatic heterocycles. The van der Waals surface area contributed by atoms with E-state index in [2.05, 4.69) is 10.1 Å². The maximum Gasteiger partial charge on any atom is 0.304 e. The van der Waals surface area contributed by atoms with Crippen LogP contribution >= 0.6 is 0 Å². The number of alkyl halides is 2. The van der Waals surface area contributed by atoms with Crippen molar-refractivity contribution < 1.29 is 27.6 Å². The van der Waals surface area contributed by atoms with Gasteiger partial charge in [0.15, 0.2) is 0 Å². The molecule has 0 atom stereocenters. The van der Waals surface area contributed by atoms with Crippen LogP contribution in [0, 0.1) is 15.9 Å². The fourth-order valence-electron chi connectivity index (χ4n) is 1.31. The number of rotatable bonds is 7. The van der Waals surface area contributed by atoms with Crippen molar-refractivity contribution in [2.24, 2.45) is 0 Å². The van der Waals surface area contributed by atoms with Gasteiger partial charge in [-0.2, -0.15) is 4.39 Å². The molecule has 0 saturated carbocycles. The van der Waals surface area contributed by atoms with Crippen LogP contribution in [0.3, 0.4) is 0 Å². The summed E-state index contributed by atoms with van der Waals surface area (Å²) in [5.74, 6) is -1.81. The van der Waals surface area contributed by atoms with Crippen molar-refractivity contribution in [3.05, 3.63) is 39.7 Å². The SMILES string of the molecule is O=C(NCCOCC(F)F)c1ccc([N+](=O)[O-])c(F)c1. The molecule has 9 heteroatoms. The minimum absolute atomic E-state index is 0.0375. The Kier molecular flexibility index (Phi) is 5.91. The van der Waals surface area contributed by atoms with E-state index in [1.807, 2.05) is 0 Å². The lowest BCUT2D eigenvalue weighted by Gasteiger charge is -2.06. The monoisotopic (exact) mass is 292 g/mol. The van der Waals surface area contributed by atoms with Gasteiger partial charge in [0, 0.05) is 18.2 Å². The average molecular weight is 292 g/mol. The van der Waals surface area contributed by atoms with Crippen LogP contribution in [0.15, 0.2) is 18.2 Å². The number of ether oxygens (including phenoxy) is 1. The Morgan fingerprint density at radius 2 is 2.15 bits per heavy atom. The Balaban J connectivity index is 2.48. The third-order valence-corrected chi connectivity index (χ3v) is 2.18. The molecule has 1 amide bonds. The van der Waals surface area contributed by atoms with Crippen molar-refractivity contribution >= 4 is 11.6 Å². The molecule has 1 aromatic rings. The summed E-state index contributed by atoms with van der Waals surface area (Å²) in [6.45, 7) is -0.891. The first kappa shape index (κ1) is 15.9. The number of nitrogens with one attached hydrogen (secondary N) is 1. The fourth-order valence-corrected chi connectivity index (χ4v) is 1.31. The molecule has 1 rings (SSSR count). The van der Waals surface area contributed by atoms with Crippen molar-refractivity contribution in [1.29, 1.82) is 0 Å². The second-order valence-corrected chi connectivity index (χ2v) is 3.65. The summed E-state index contributed by atoms with van der Waals surface area (Å²) in [4.78, 5) is 21.0. The van der Waals surface area contributed by atoms with Gasteiger partial charge in [0.1, 0.15) is 6.61 Å². The van der Waals surface area contributed by atoms with Crippen LogP contribution in [0.2, 0.25) is 0 Å². The Morgan fingerprint density at radius 3 is 2.70 bits per heavy atom. The molecule has 0 fully saturated rings. The number of amides is 1. The first-order valence-electron chi connectivity index (χ1n) is 5.50. The van der Waals surface area contributed by atoms with Crippen LogP contribution in [0.25, 0.3) is 0 Å². The Morgan fingerprint density at radius 1 is 1.45 bits per heavy atom. The second kappa shape index (κ2) is 7.43. The molecule has 0 aliphatic carbocycles. The van der Waals surface area contributed by atoms with E-state index in [0.717, 1.165) is 18.2 Å². The van der Waals surface area contributed by atoms with E-state index in [0.29, 0.717) is 0 Å². The topological polar surface area (TPSA) is 81.5 Å². The van der Waals surface area contributed by atoms with Crippen molar-refractivity contribution in [2.75, 3.05) is 19.8 Å². The van der Waals surface area contributed by atoms with Gasteiger partial charge in [-0.15, -0.1) is 0 Å². The summed E-state index contributed by atoms with van der Waals surface area (Å²) >= 11 is 0. The number of benzene rings is 1. The van der Waals surface area contributed by atoms with Crippen LogP contribution in [0.1, 0.15) is 10.4 Å². The number of halogens is 3. The number of carbonyl (C=O) groups excluding carboxylic acids is 1. The third-order valence-electron chi connectivity index (χ3n) is 2.18. The molecule has 0 heterocycles. The minimum atomic E-state index is -2.59. The average Bonchev–Trinajstić information content (AvgIpc) is 2.37. The minimum Gasteiger partial charge on any atom is -0.374 e. The van der Waals surface area contributed by atoms with Gasteiger partial charge in [-0.3, -0.25) is 14.9 Å². The smallest absolute Gasteiger partial charge is 0.304 e. The summed E-state index contributed by atoms with van der Waals surface area (Å²) in [5.41, 5.74) is -0.844. The van der Waals surface area contributed by atoms with Crippen LogP contribution in [0.4, 0.5) is 18.9 Å². The molecule has 20 heavy (non-hydrogen) atoms. The molecule has 6 nitrogen and oxygen atoms in total. The number of carbonyl (C=O) groups is 1. The molecule has 0 spiro atoms. The van der Waals surface area contributed by atoms with Gasteiger partial charge in [-0.25, -0.2) is 8.78 Å². The molecule has 0 aliphatic rings. The Labute approximate surface area is 111 Å². The van der Waals surface area contributed by atoms with E-state index in [1.54, 1.807) is 0 Å². The summed E-state index contributed by atoms with van der Waals surface area (Å²) in [6.07, 6.45) is -2.59. The number of nitro groups is 1. The number of nitro benzene ring substituents is 1. The van der Waals surface area contributed by atoms with Crippen LogP contribution in [-0.4, -0.2) is 37.0 Å². The zero-order valence-corrected chi connectivity index (χ0v) is 10.1. The predicted molar refractivity (Wildman–Crippen MR) is 62.2 cm³/mol. The molecular formula is C11H11F3N2O4. The first-order valence-corrected chi connectivity index (χ1v) is 5.50. The molecule has 0 saturated heterocycles. The number of hydrogen-bond acceptors (Lipinski definition) is 4. The molecule has 0 radical (unpaired) electrons. The van der Waals surface area contributed by atoms with Crippen molar-refractivity contribution in [2.45, 2.75) is 6.43 Å². The maximum atomic E-state index is 13.3. The molecule has 0 aromatic heterocycles. The second-order valence-electron chi connectivity index (χ2n) is 3.65. The van der Waals surface area contributed by atoms with Gasteiger partial charge < -0.3 is 10.1 Å². The van der Waals surface area contributed by atoms with E-state index in [-0.39, 0.29) is 18.7 Å². The summed E-state index contributed by atoms with van der Waals surface area (Å²) < 4.78 is 41.2. The highest BCUT2D eigenvalue weighted by atomic mass is 19.3. The third kappa shape index (κ3) is 4.84.